The lowest BCUT2D eigenvalue weighted by Gasteiger charge is -2.23. The summed E-state index contributed by atoms with van der Waals surface area (Å²) in [5, 5.41) is 11.0. The number of rotatable bonds is 4. The third-order valence-corrected chi connectivity index (χ3v) is 4.34. The van der Waals surface area contributed by atoms with Crippen LogP contribution >= 0.6 is 0 Å². The summed E-state index contributed by atoms with van der Waals surface area (Å²) in [6, 6.07) is 7.63. The molecule has 1 fully saturated rings. The molecule has 126 valence electrons. The highest BCUT2D eigenvalue weighted by Crippen LogP contribution is 2.26. The molecule has 0 atom stereocenters. The first-order chi connectivity index (χ1) is 11.5. The van der Waals surface area contributed by atoms with Crippen molar-refractivity contribution in [3.8, 4) is 11.3 Å². The van der Waals surface area contributed by atoms with Crippen molar-refractivity contribution in [3.63, 3.8) is 0 Å². The molecule has 2 aromatic rings. The van der Waals surface area contributed by atoms with Crippen molar-refractivity contribution >= 4 is 23.3 Å². The highest BCUT2D eigenvalue weighted by molar-refractivity contribution is 6.00. The van der Waals surface area contributed by atoms with Crippen LogP contribution in [0, 0.1) is 5.41 Å². The number of nitrogens with zero attached hydrogens (tertiary/aromatic N) is 2. The Labute approximate surface area is 141 Å². The van der Waals surface area contributed by atoms with Gasteiger partial charge in [-0.1, -0.05) is 25.3 Å². The lowest BCUT2D eigenvalue weighted by atomic mass is 9.95. The molecule has 0 amide bonds. The minimum atomic E-state index is -0.0547. The monoisotopic (exact) mass is 325 g/mol. The second-order valence-electron chi connectivity index (χ2n) is 6.19. The van der Waals surface area contributed by atoms with Gasteiger partial charge in [-0.15, -0.1) is 0 Å². The fourth-order valence-electron chi connectivity index (χ4n) is 3.11. The summed E-state index contributed by atoms with van der Waals surface area (Å²) in [4.78, 5) is 8.59. The van der Waals surface area contributed by atoms with Crippen molar-refractivity contribution < 1.29 is 0 Å². The van der Waals surface area contributed by atoms with Gasteiger partial charge in [0.25, 0.3) is 0 Å². The number of aromatic nitrogens is 2. The first kappa shape index (κ1) is 16.0. The second-order valence-corrected chi connectivity index (χ2v) is 6.19. The maximum atomic E-state index is 7.50. The molecule has 24 heavy (non-hydrogen) atoms. The van der Waals surface area contributed by atoms with Crippen LogP contribution in [-0.4, -0.2) is 21.8 Å². The van der Waals surface area contributed by atoms with E-state index in [2.05, 4.69) is 15.3 Å². The predicted octanol–water partition coefficient (Wildman–Crippen LogP) is 2.34. The summed E-state index contributed by atoms with van der Waals surface area (Å²) < 4.78 is 0. The molecule has 1 aromatic carbocycles. The van der Waals surface area contributed by atoms with E-state index in [0.29, 0.717) is 23.0 Å². The molecule has 1 heterocycles. The highest BCUT2D eigenvalue weighted by atomic mass is 15.1. The summed E-state index contributed by atoms with van der Waals surface area (Å²) >= 11 is 0. The Kier molecular flexibility index (Phi) is 4.50. The molecule has 8 N–H and O–H groups in total. The Bertz CT molecular complexity index is 751. The van der Waals surface area contributed by atoms with Gasteiger partial charge in [0, 0.05) is 28.9 Å². The summed E-state index contributed by atoms with van der Waals surface area (Å²) in [6.45, 7) is 0. The van der Waals surface area contributed by atoms with Crippen molar-refractivity contribution in [3.05, 3.63) is 29.8 Å². The maximum Gasteiger partial charge on any atom is 0.222 e. The molecule has 7 heteroatoms. The first-order valence-electron chi connectivity index (χ1n) is 8.18. The number of nitrogens with one attached hydrogen (secondary N) is 2. The highest BCUT2D eigenvalue weighted by Gasteiger charge is 2.15. The molecule has 0 unspecified atom stereocenters. The third-order valence-electron chi connectivity index (χ3n) is 4.34. The number of nitrogens with two attached hydrogens (primary N) is 3. The molecular weight excluding hydrogens is 302 g/mol. The zero-order chi connectivity index (χ0) is 17.1. The summed E-state index contributed by atoms with van der Waals surface area (Å²) in [5.74, 6) is 0.902. The summed E-state index contributed by atoms with van der Waals surface area (Å²) in [5.41, 5.74) is 19.8. The molecule has 0 saturated heterocycles. The molecule has 1 saturated carbocycles. The van der Waals surface area contributed by atoms with E-state index in [-0.39, 0.29) is 11.8 Å². The van der Waals surface area contributed by atoms with Gasteiger partial charge in [-0.05, 0) is 25.0 Å². The van der Waals surface area contributed by atoms with Gasteiger partial charge in [0.1, 0.15) is 11.7 Å². The lowest BCUT2D eigenvalue weighted by Crippen LogP contribution is -2.23. The standard InChI is InChI=1S/C17H23N7/c18-13-8-10(6-7-12(13)16(19)20)14-9-15(24-17(21)23-14)22-11-4-2-1-3-5-11/h6-9,11H,1-5,18H2,(H3,19,20)(H3,21,22,23,24). The largest absolute Gasteiger partial charge is 0.398 e. The molecule has 0 spiro atoms. The van der Waals surface area contributed by atoms with Gasteiger partial charge in [-0.2, -0.15) is 4.98 Å². The van der Waals surface area contributed by atoms with Crippen LogP contribution < -0.4 is 22.5 Å². The van der Waals surface area contributed by atoms with Crippen LogP contribution in [0.15, 0.2) is 24.3 Å². The minimum Gasteiger partial charge on any atom is -0.398 e. The Balaban J connectivity index is 1.88. The average molecular weight is 325 g/mol. The quantitative estimate of drug-likeness (QED) is 0.332. The molecule has 1 aromatic heterocycles. The molecule has 0 aliphatic heterocycles. The van der Waals surface area contributed by atoms with Gasteiger partial charge < -0.3 is 22.5 Å². The Morgan fingerprint density at radius 2 is 1.83 bits per heavy atom. The smallest absolute Gasteiger partial charge is 0.222 e. The Morgan fingerprint density at radius 3 is 2.50 bits per heavy atom. The minimum absolute atomic E-state index is 0.0547. The van der Waals surface area contributed by atoms with Crippen LogP contribution in [0.4, 0.5) is 17.5 Å². The molecule has 0 radical (unpaired) electrons. The van der Waals surface area contributed by atoms with E-state index in [1.54, 1.807) is 12.1 Å². The van der Waals surface area contributed by atoms with Crippen LogP contribution in [0.25, 0.3) is 11.3 Å². The normalized spacial score (nSPS) is 15.2. The Morgan fingerprint density at radius 1 is 1.08 bits per heavy atom. The number of hydrogen-bond acceptors (Lipinski definition) is 6. The molecule has 7 nitrogen and oxygen atoms in total. The first-order valence-corrected chi connectivity index (χ1v) is 8.18. The lowest BCUT2D eigenvalue weighted by molar-refractivity contribution is 0.462. The number of amidine groups is 1. The number of anilines is 3. The van der Waals surface area contributed by atoms with Gasteiger partial charge >= 0.3 is 0 Å². The number of hydrogen-bond donors (Lipinski definition) is 5. The van der Waals surface area contributed by atoms with E-state index in [0.717, 1.165) is 24.2 Å². The van der Waals surface area contributed by atoms with Crippen LogP contribution in [0.3, 0.4) is 0 Å². The van der Waals surface area contributed by atoms with Gasteiger partial charge in [-0.3, -0.25) is 5.41 Å². The summed E-state index contributed by atoms with van der Waals surface area (Å²) in [6.07, 6.45) is 6.10. The van der Waals surface area contributed by atoms with E-state index in [9.17, 15) is 0 Å². The summed E-state index contributed by atoms with van der Waals surface area (Å²) in [7, 11) is 0. The SMILES string of the molecule is N=C(N)c1ccc(-c2cc(NC3CCCCC3)nc(N)n2)cc1N. The van der Waals surface area contributed by atoms with Gasteiger partial charge in [0.05, 0.1) is 5.69 Å². The van der Waals surface area contributed by atoms with Crippen LogP contribution in [-0.2, 0) is 0 Å². The zero-order valence-corrected chi connectivity index (χ0v) is 13.5. The van der Waals surface area contributed by atoms with Crippen molar-refractivity contribution in [2.45, 2.75) is 38.1 Å². The van der Waals surface area contributed by atoms with E-state index < -0.39 is 0 Å². The van der Waals surface area contributed by atoms with Crippen molar-refractivity contribution in [1.29, 1.82) is 5.41 Å². The van der Waals surface area contributed by atoms with Crippen molar-refractivity contribution in [1.82, 2.24) is 9.97 Å². The van der Waals surface area contributed by atoms with Crippen LogP contribution in [0.5, 0.6) is 0 Å². The third kappa shape index (κ3) is 3.56. The topological polar surface area (TPSA) is 140 Å². The number of nitrogen functional groups attached to an aromatic ring is 3. The van der Waals surface area contributed by atoms with Gasteiger partial charge in [-0.25, -0.2) is 4.98 Å². The van der Waals surface area contributed by atoms with Crippen LogP contribution in [0.2, 0.25) is 0 Å². The van der Waals surface area contributed by atoms with Gasteiger partial charge in [0.15, 0.2) is 0 Å². The molecule has 1 aliphatic carbocycles. The fourth-order valence-corrected chi connectivity index (χ4v) is 3.11. The maximum absolute atomic E-state index is 7.50. The second kappa shape index (κ2) is 6.74. The van der Waals surface area contributed by atoms with Crippen LogP contribution in [0.1, 0.15) is 37.7 Å². The zero-order valence-electron chi connectivity index (χ0n) is 13.5. The predicted molar refractivity (Wildman–Crippen MR) is 97.8 cm³/mol. The fraction of sp³-hybridized carbons (Fsp3) is 0.353. The van der Waals surface area contributed by atoms with Crippen molar-refractivity contribution in [2.75, 3.05) is 16.8 Å². The van der Waals surface area contributed by atoms with E-state index in [1.807, 2.05) is 12.1 Å². The van der Waals surface area contributed by atoms with E-state index in [4.69, 9.17) is 22.6 Å². The van der Waals surface area contributed by atoms with Gasteiger partial charge in [0.2, 0.25) is 5.95 Å². The molecule has 0 bridgehead atoms. The van der Waals surface area contributed by atoms with Crippen molar-refractivity contribution in [2.24, 2.45) is 5.73 Å². The Hall–Kier alpha value is -2.83. The van der Waals surface area contributed by atoms with E-state index >= 15 is 0 Å². The molecular formula is C17H23N7. The average Bonchev–Trinajstić information content (AvgIpc) is 2.54. The van der Waals surface area contributed by atoms with E-state index in [1.165, 1.54) is 19.3 Å². The molecule has 3 rings (SSSR count). The number of benzene rings is 1. The molecule has 1 aliphatic rings.